The summed E-state index contributed by atoms with van der Waals surface area (Å²) >= 11 is 0. The Labute approximate surface area is 145 Å². The quantitative estimate of drug-likeness (QED) is 0.659. The fraction of sp³-hybridized carbons (Fsp3) is 0.278. The maximum Gasteiger partial charge on any atom is 0.342 e. The number of carbonyl (C=O) groups is 1. The summed E-state index contributed by atoms with van der Waals surface area (Å²) in [5.74, 6) is 0.746. The molecular formula is C18H21N4O3+. The number of esters is 1. The summed E-state index contributed by atoms with van der Waals surface area (Å²) in [7, 11) is 0. The molecule has 0 spiro atoms. The molecule has 7 nitrogen and oxygen atoms in total. The highest BCUT2D eigenvalue weighted by Gasteiger charge is 2.24. The second-order valence-corrected chi connectivity index (χ2v) is 5.64. The van der Waals surface area contributed by atoms with E-state index >= 15 is 0 Å². The molecule has 0 unspecified atom stereocenters. The van der Waals surface area contributed by atoms with Crippen LogP contribution in [0.2, 0.25) is 0 Å². The van der Waals surface area contributed by atoms with Gasteiger partial charge in [-0.3, -0.25) is 0 Å². The van der Waals surface area contributed by atoms with Gasteiger partial charge in [0.05, 0.1) is 12.0 Å². The van der Waals surface area contributed by atoms with Crippen LogP contribution in [0.25, 0.3) is 11.1 Å². The summed E-state index contributed by atoms with van der Waals surface area (Å²) < 4.78 is 10.7. The van der Waals surface area contributed by atoms with E-state index in [1.807, 2.05) is 18.2 Å². The van der Waals surface area contributed by atoms with E-state index in [1.165, 1.54) is 5.56 Å². The normalized spacial score (nSPS) is 11.0. The van der Waals surface area contributed by atoms with Gasteiger partial charge < -0.3 is 20.2 Å². The van der Waals surface area contributed by atoms with Gasteiger partial charge in [-0.2, -0.15) is 4.98 Å². The first-order valence-electron chi connectivity index (χ1n) is 8.18. The number of quaternary nitrogens is 1. The van der Waals surface area contributed by atoms with Crippen molar-refractivity contribution in [2.45, 2.75) is 26.9 Å². The highest BCUT2D eigenvalue weighted by atomic mass is 16.5. The lowest BCUT2D eigenvalue weighted by atomic mass is 10.2. The molecule has 0 aliphatic heterocycles. The van der Waals surface area contributed by atoms with Crippen LogP contribution in [0.15, 0.2) is 34.7 Å². The average molecular weight is 341 g/mol. The van der Waals surface area contributed by atoms with E-state index < -0.39 is 5.97 Å². The Kier molecular flexibility index (Phi) is 4.95. The van der Waals surface area contributed by atoms with E-state index in [0.29, 0.717) is 34.8 Å². The van der Waals surface area contributed by atoms with E-state index in [2.05, 4.69) is 27.4 Å². The minimum Gasteiger partial charge on any atom is -0.462 e. The first-order chi connectivity index (χ1) is 12.1. The number of hydrogen-bond donors (Lipinski definition) is 2. The molecule has 2 heterocycles. The van der Waals surface area contributed by atoms with Crippen molar-refractivity contribution in [3.8, 4) is 0 Å². The number of ether oxygens (including phenoxy) is 1. The molecule has 0 bridgehead atoms. The van der Waals surface area contributed by atoms with Gasteiger partial charge in [-0.15, -0.1) is 0 Å². The van der Waals surface area contributed by atoms with Gasteiger partial charge in [0.25, 0.3) is 0 Å². The smallest absolute Gasteiger partial charge is 0.342 e. The zero-order valence-electron chi connectivity index (χ0n) is 14.3. The fourth-order valence-electron chi connectivity index (χ4n) is 2.71. The molecule has 1 aromatic carbocycles. The van der Waals surface area contributed by atoms with E-state index in [1.54, 1.807) is 13.8 Å². The van der Waals surface area contributed by atoms with Crippen LogP contribution in [0.4, 0.5) is 5.82 Å². The largest absolute Gasteiger partial charge is 0.462 e. The lowest BCUT2D eigenvalue weighted by molar-refractivity contribution is -0.687. The highest BCUT2D eigenvalue weighted by molar-refractivity contribution is 6.07. The van der Waals surface area contributed by atoms with Crippen LogP contribution in [0.3, 0.4) is 0 Å². The Morgan fingerprint density at radius 3 is 2.72 bits per heavy atom. The van der Waals surface area contributed by atoms with Gasteiger partial charge in [0.2, 0.25) is 5.71 Å². The van der Waals surface area contributed by atoms with Crippen molar-refractivity contribution in [2.75, 3.05) is 12.3 Å². The lowest BCUT2D eigenvalue weighted by Gasteiger charge is -2.04. The molecule has 3 rings (SSSR count). The van der Waals surface area contributed by atoms with Crippen LogP contribution in [-0.4, -0.2) is 22.5 Å². The Morgan fingerprint density at radius 2 is 2.00 bits per heavy atom. The maximum absolute atomic E-state index is 12.1. The van der Waals surface area contributed by atoms with Crippen molar-refractivity contribution < 1.29 is 19.3 Å². The molecule has 0 atom stereocenters. The van der Waals surface area contributed by atoms with Crippen LogP contribution in [0.1, 0.15) is 34.4 Å². The van der Waals surface area contributed by atoms with Gasteiger partial charge in [0.15, 0.2) is 5.82 Å². The number of carbonyl (C=O) groups excluding carboxylic acids is 1. The monoisotopic (exact) mass is 341 g/mol. The lowest BCUT2D eigenvalue weighted by Crippen LogP contribution is -2.81. The Balaban J connectivity index is 1.81. The van der Waals surface area contributed by atoms with Crippen molar-refractivity contribution in [1.29, 1.82) is 0 Å². The first-order valence-corrected chi connectivity index (χ1v) is 8.18. The maximum atomic E-state index is 12.1. The number of hydrogen-bond acceptors (Lipinski definition) is 6. The Morgan fingerprint density at radius 1 is 1.24 bits per heavy atom. The molecule has 0 saturated carbocycles. The van der Waals surface area contributed by atoms with E-state index in [0.717, 1.165) is 6.54 Å². The number of aryl methyl sites for hydroxylation is 1. The summed E-state index contributed by atoms with van der Waals surface area (Å²) in [4.78, 5) is 20.8. The zero-order valence-corrected chi connectivity index (χ0v) is 14.3. The van der Waals surface area contributed by atoms with Crippen LogP contribution in [-0.2, 0) is 17.8 Å². The highest BCUT2D eigenvalue weighted by Crippen LogP contribution is 2.28. The number of aromatic nitrogens is 2. The van der Waals surface area contributed by atoms with Crippen molar-refractivity contribution in [3.05, 3.63) is 53.0 Å². The molecule has 0 aliphatic carbocycles. The van der Waals surface area contributed by atoms with E-state index in [4.69, 9.17) is 14.9 Å². The van der Waals surface area contributed by atoms with Crippen molar-refractivity contribution in [1.82, 2.24) is 9.97 Å². The number of benzene rings is 1. The van der Waals surface area contributed by atoms with Crippen molar-refractivity contribution in [2.24, 2.45) is 0 Å². The van der Waals surface area contributed by atoms with E-state index in [-0.39, 0.29) is 12.4 Å². The number of nitrogens with zero attached hydrogens (tertiary/aromatic N) is 2. The Hall–Kier alpha value is -2.93. The molecule has 0 amide bonds. The topological polar surface area (TPSA) is 108 Å². The second-order valence-electron chi connectivity index (χ2n) is 5.64. The summed E-state index contributed by atoms with van der Waals surface area (Å²) in [6.07, 6.45) is 0. The standard InChI is InChI=1S/C18H20N4O3/c1-3-24-18(23)14-11(2)25-17-15(14)16(19)21-13(22-17)10-20-9-12-7-5-4-6-8-12/h4-8,20H,3,9-10H2,1-2H3,(H2,19,21,22)/p+1. The second kappa shape index (κ2) is 7.31. The minimum absolute atomic E-state index is 0.230. The van der Waals surface area contributed by atoms with Crippen LogP contribution < -0.4 is 11.1 Å². The summed E-state index contributed by atoms with van der Waals surface area (Å²) in [6, 6.07) is 10.1. The van der Waals surface area contributed by atoms with Gasteiger partial charge in [-0.1, -0.05) is 30.3 Å². The third-order valence-corrected chi connectivity index (χ3v) is 3.83. The molecule has 0 fully saturated rings. The number of fused-ring (bicyclic) bond motifs is 1. The van der Waals surface area contributed by atoms with Crippen molar-refractivity contribution in [3.63, 3.8) is 0 Å². The number of anilines is 1. The third kappa shape index (κ3) is 3.61. The number of rotatable bonds is 6. The predicted octanol–water partition coefficient (Wildman–Crippen LogP) is 1.55. The number of furan rings is 1. The zero-order chi connectivity index (χ0) is 17.8. The summed E-state index contributed by atoms with van der Waals surface area (Å²) in [5.41, 5.74) is 7.89. The van der Waals surface area contributed by atoms with Crippen molar-refractivity contribution >= 4 is 22.9 Å². The Bertz CT molecular complexity index is 890. The predicted molar refractivity (Wildman–Crippen MR) is 92.7 cm³/mol. The summed E-state index contributed by atoms with van der Waals surface area (Å²) in [5, 5.41) is 2.50. The van der Waals surface area contributed by atoms with Gasteiger partial charge in [0, 0.05) is 5.56 Å². The van der Waals surface area contributed by atoms with Crippen LogP contribution in [0, 0.1) is 6.92 Å². The molecular weight excluding hydrogens is 320 g/mol. The SMILES string of the molecule is CCOC(=O)c1c(C)oc2nc(C[NH2+]Cc3ccccc3)nc(N)c12. The molecule has 2 aromatic heterocycles. The van der Waals surface area contributed by atoms with Gasteiger partial charge in [0.1, 0.15) is 30.2 Å². The average Bonchev–Trinajstić information content (AvgIpc) is 2.92. The molecule has 130 valence electrons. The molecule has 25 heavy (non-hydrogen) atoms. The molecule has 7 heteroatoms. The minimum atomic E-state index is -0.475. The third-order valence-electron chi connectivity index (χ3n) is 3.83. The number of nitrogens with two attached hydrogens (primary N) is 2. The van der Waals surface area contributed by atoms with Crippen LogP contribution in [0.5, 0.6) is 0 Å². The molecule has 0 saturated heterocycles. The first kappa shape index (κ1) is 16.9. The van der Waals surface area contributed by atoms with Crippen LogP contribution >= 0.6 is 0 Å². The van der Waals surface area contributed by atoms with Gasteiger partial charge in [-0.05, 0) is 13.8 Å². The fourth-order valence-corrected chi connectivity index (χ4v) is 2.71. The molecule has 0 aliphatic rings. The van der Waals surface area contributed by atoms with Gasteiger partial charge in [-0.25, -0.2) is 9.78 Å². The molecule has 0 radical (unpaired) electrons. The summed E-state index contributed by atoms with van der Waals surface area (Å²) in [6.45, 7) is 5.08. The molecule has 4 N–H and O–H groups in total. The number of nitrogen functional groups attached to an aromatic ring is 1. The molecule has 3 aromatic rings. The van der Waals surface area contributed by atoms with Gasteiger partial charge >= 0.3 is 5.97 Å². The van der Waals surface area contributed by atoms with E-state index in [9.17, 15) is 4.79 Å².